The van der Waals surface area contributed by atoms with Crippen LogP contribution in [0.25, 0.3) is 11.2 Å². The number of hydrogen-bond donors (Lipinski definition) is 3. The molecule has 0 atom stereocenters. The number of nitrogens with zero attached hydrogens (tertiary/aromatic N) is 1. The van der Waals surface area contributed by atoms with Crippen LogP contribution in [0.1, 0.15) is 11.3 Å². The lowest BCUT2D eigenvalue weighted by atomic mass is 10.2. The molecule has 0 bridgehead atoms. The smallest absolute Gasteiger partial charge is 0.325 e. The average molecular weight is 179 g/mol. The van der Waals surface area contributed by atoms with Crippen LogP contribution in [0, 0.1) is 13.8 Å². The number of aromatic amines is 2. The predicted molar refractivity (Wildman–Crippen MR) is 47.9 cm³/mol. The van der Waals surface area contributed by atoms with E-state index in [1.165, 1.54) is 0 Å². The average Bonchev–Trinajstić information content (AvgIpc) is 2.42. The zero-order valence-corrected chi connectivity index (χ0v) is 7.30. The highest BCUT2D eigenvalue weighted by Crippen LogP contribution is 2.24. The summed E-state index contributed by atoms with van der Waals surface area (Å²) in [6, 6.07) is 0. The molecule has 5 heteroatoms. The highest BCUT2D eigenvalue weighted by molar-refractivity contribution is 5.77. The van der Waals surface area contributed by atoms with Crippen LogP contribution in [0.15, 0.2) is 4.79 Å². The molecule has 0 fully saturated rings. The molecule has 0 aliphatic rings. The number of pyridine rings is 1. The number of imidazole rings is 1. The molecule has 0 unspecified atom stereocenters. The van der Waals surface area contributed by atoms with Crippen molar-refractivity contribution >= 4 is 11.2 Å². The molecular weight excluding hydrogens is 170 g/mol. The molecule has 0 aromatic carbocycles. The Kier molecular flexibility index (Phi) is 1.42. The third-order valence-corrected chi connectivity index (χ3v) is 2.06. The first-order chi connectivity index (χ1) is 6.09. The second-order valence-corrected chi connectivity index (χ2v) is 2.97. The Morgan fingerprint density at radius 1 is 1.31 bits per heavy atom. The Hall–Kier alpha value is -1.78. The lowest BCUT2D eigenvalue weighted by molar-refractivity contribution is 0.464. The SMILES string of the molecule is Cc1nc2[nH]c(=O)[nH]c2c(C)c1O. The molecule has 3 N–H and O–H groups in total. The van der Waals surface area contributed by atoms with Crippen LogP contribution in [-0.4, -0.2) is 20.1 Å². The van der Waals surface area contributed by atoms with Gasteiger partial charge in [0.05, 0.1) is 11.2 Å². The van der Waals surface area contributed by atoms with E-state index < -0.39 is 0 Å². The van der Waals surface area contributed by atoms with Gasteiger partial charge in [0, 0.05) is 5.56 Å². The Morgan fingerprint density at radius 3 is 2.69 bits per heavy atom. The van der Waals surface area contributed by atoms with Gasteiger partial charge in [0.25, 0.3) is 0 Å². The van der Waals surface area contributed by atoms with Gasteiger partial charge in [-0.15, -0.1) is 0 Å². The van der Waals surface area contributed by atoms with Gasteiger partial charge in [-0.25, -0.2) is 9.78 Å². The number of hydrogen-bond acceptors (Lipinski definition) is 3. The van der Waals surface area contributed by atoms with Gasteiger partial charge in [-0.05, 0) is 13.8 Å². The van der Waals surface area contributed by atoms with Crippen molar-refractivity contribution < 1.29 is 5.11 Å². The van der Waals surface area contributed by atoms with Gasteiger partial charge in [0.1, 0.15) is 5.75 Å². The van der Waals surface area contributed by atoms with E-state index in [4.69, 9.17) is 0 Å². The molecule has 2 rings (SSSR count). The quantitative estimate of drug-likeness (QED) is 0.553. The standard InChI is InChI=1S/C8H9N3O2/c1-3-5-7(11-8(13)10-5)9-4(2)6(3)12/h12H,1-2H3,(H2,9,10,11,13). The third kappa shape index (κ3) is 1.00. The summed E-state index contributed by atoms with van der Waals surface area (Å²) in [6.45, 7) is 3.42. The van der Waals surface area contributed by atoms with Crippen LogP contribution in [-0.2, 0) is 0 Å². The van der Waals surface area contributed by atoms with Crippen molar-refractivity contribution in [3.8, 4) is 5.75 Å². The van der Waals surface area contributed by atoms with Gasteiger partial charge in [-0.1, -0.05) is 0 Å². The van der Waals surface area contributed by atoms with Crippen LogP contribution in [0.4, 0.5) is 0 Å². The fraction of sp³-hybridized carbons (Fsp3) is 0.250. The molecule has 0 spiro atoms. The number of H-pyrrole nitrogens is 2. The number of fused-ring (bicyclic) bond motifs is 1. The Morgan fingerprint density at radius 2 is 2.00 bits per heavy atom. The number of nitrogens with one attached hydrogen (secondary N) is 2. The largest absolute Gasteiger partial charge is 0.506 e. The molecule has 2 aromatic rings. The fourth-order valence-corrected chi connectivity index (χ4v) is 1.34. The van der Waals surface area contributed by atoms with Gasteiger partial charge in [-0.3, -0.25) is 4.98 Å². The van der Waals surface area contributed by atoms with Gasteiger partial charge in [0.2, 0.25) is 0 Å². The normalized spacial score (nSPS) is 10.9. The molecular formula is C8H9N3O2. The van der Waals surface area contributed by atoms with E-state index >= 15 is 0 Å². The van der Waals surface area contributed by atoms with E-state index in [0.717, 1.165) is 0 Å². The second-order valence-electron chi connectivity index (χ2n) is 2.97. The Bertz CT molecular complexity index is 524. The molecule has 13 heavy (non-hydrogen) atoms. The highest BCUT2D eigenvalue weighted by atomic mass is 16.3. The number of aromatic hydroxyl groups is 1. The van der Waals surface area contributed by atoms with Gasteiger partial charge in [-0.2, -0.15) is 0 Å². The number of aromatic nitrogens is 3. The maximum atomic E-state index is 10.9. The zero-order chi connectivity index (χ0) is 9.59. The van der Waals surface area contributed by atoms with Gasteiger partial charge >= 0.3 is 5.69 Å². The first-order valence-electron chi connectivity index (χ1n) is 3.87. The summed E-state index contributed by atoms with van der Waals surface area (Å²) in [6.07, 6.45) is 0. The maximum absolute atomic E-state index is 10.9. The molecule has 0 radical (unpaired) electrons. The minimum Gasteiger partial charge on any atom is -0.506 e. The van der Waals surface area contributed by atoms with Crippen molar-refractivity contribution in [3.63, 3.8) is 0 Å². The Labute approximate surface area is 73.4 Å². The van der Waals surface area contributed by atoms with E-state index in [1.54, 1.807) is 13.8 Å². The van der Waals surface area contributed by atoms with E-state index in [9.17, 15) is 9.90 Å². The van der Waals surface area contributed by atoms with Gasteiger partial charge in [0.15, 0.2) is 5.65 Å². The Balaban J connectivity index is 3.00. The summed E-state index contributed by atoms with van der Waals surface area (Å²) in [5, 5.41) is 9.52. The summed E-state index contributed by atoms with van der Waals surface area (Å²) in [5.74, 6) is 0.128. The van der Waals surface area contributed by atoms with Crippen molar-refractivity contribution in [2.24, 2.45) is 0 Å². The minimum atomic E-state index is -0.310. The topological polar surface area (TPSA) is 81.8 Å². The first kappa shape index (κ1) is 7.85. The van der Waals surface area contributed by atoms with E-state index in [2.05, 4.69) is 15.0 Å². The van der Waals surface area contributed by atoms with Crippen molar-refractivity contribution in [2.45, 2.75) is 13.8 Å². The number of aryl methyl sites for hydroxylation is 2. The summed E-state index contributed by atoms with van der Waals surface area (Å²) >= 11 is 0. The summed E-state index contributed by atoms with van der Waals surface area (Å²) in [4.78, 5) is 20.0. The monoisotopic (exact) mass is 179 g/mol. The van der Waals surface area contributed by atoms with E-state index in [-0.39, 0.29) is 11.4 Å². The molecule has 2 heterocycles. The summed E-state index contributed by atoms with van der Waals surface area (Å²) in [7, 11) is 0. The minimum absolute atomic E-state index is 0.128. The van der Waals surface area contributed by atoms with Crippen LogP contribution in [0.5, 0.6) is 5.75 Å². The summed E-state index contributed by atoms with van der Waals surface area (Å²) < 4.78 is 0. The van der Waals surface area contributed by atoms with Crippen molar-refractivity contribution in [1.82, 2.24) is 15.0 Å². The van der Waals surface area contributed by atoms with Crippen molar-refractivity contribution in [1.29, 1.82) is 0 Å². The molecule has 68 valence electrons. The first-order valence-corrected chi connectivity index (χ1v) is 3.87. The second kappa shape index (κ2) is 2.35. The van der Waals surface area contributed by atoms with Crippen molar-refractivity contribution in [3.05, 3.63) is 21.7 Å². The fourth-order valence-electron chi connectivity index (χ4n) is 1.34. The van der Waals surface area contributed by atoms with Crippen LogP contribution in [0.3, 0.4) is 0 Å². The lowest BCUT2D eigenvalue weighted by Crippen LogP contribution is -1.99. The third-order valence-electron chi connectivity index (χ3n) is 2.06. The number of rotatable bonds is 0. The molecule has 0 saturated heterocycles. The predicted octanol–water partition coefficient (Wildman–Crippen LogP) is 0.574. The van der Waals surface area contributed by atoms with E-state index in [0.29, 0.717) is 22.4 Å². The maximum Gasteiger partial charge on any atom is 0.325 e. The van der Waals surface area contributed by atoms with Crippen LogP contribution in [0.2, 0.25) is 0 Å². The molecule has 2 aromatic heterocycles. The molecule has 0 aliphatic heterocycles. The lowest BCUT2D eigenvalue weighted by Gasteiger charge is -2.01. The van der Waals surface area contributed by atoms with Crippen molar-refractivity contribution in [2.75, 3.05) is 0 Å². The molecule has 5 nitrogen and oxygen atoms in total. The zero-order valence-electron chi connectivity index (χ0n) is 7.30. The molecule has 0 aliphatic carbocycles. The van der Waals surface area contributed by atoms with Crippen LogP contribution >= 0.6 is 0 Å². The van der Waals surface area contributed by atoms with Gasteiger partial charge < -0.3 is 10.1 Å². The van der Waals surface area contributed by atoms with E-state index in [1.807, 2.05) is 0 Å². The molecule has 0 saturated carbocycles. The highest BCUT2D eigenvalue weighted by Gasteiger charge is 2.09. The molecule has 0 amide bonds. The van der Waals surface area contributed by atoms with Crippen LogP contribution < -0.4 is 5.69 Å². The summed E-state index contributed by atoms with van der Waals surface area (Å²) in [5.41, 5.74) is 1.89.